The first kappa shape index (κ1) is 10.2. The van der Waals surface area contributed by atoms with E-state index in [0.717, 1.165) is 15.1 Å². The summed E-state index contributed by atoms with van der Waals surface area (Å²) < 4.78 is 0.908. The summed E-state index contributed by atoms with van der Waals surface area (Å²) in [5, 5.41) is 0. The Labute approximate surface area is 90.4 Å². The maximum absolute atomic E-state index is 4.09. The van der Waals surface area contributed by atoms with E-state index in [4.69, 9.17) is 0 Å². The molecule has 0 bridgehead atoms. The summed E-state index contributed by atoms with van der Waals surface area (Å²) >= 11 is 2.14. The molecular weight excluding hydrogens is 279 g/mol. The monoisotopic (exact) mass is 288 g/mol. The van der Waals surface area contributed by atoms with E-state index in [0.29, 0.717) is 0 Å². The average Bonchev–Trinajstić information content (AvgIpc) is 2.14. The summed E-state index contributed by atoms with van der Waals surface area (Å²) in [5.41, 5.74) is 1.67. The van der Waals surface area contributed by atoms with Crippen molar-refractivity contribution in [3.8, 4) is 0 Å². The highest BCUT2D eigenvalue weighted by Gasteiger charge is 1.98. The predicted molar refractivity (Wildman–Crippen MR) is 61.4 cm³/mol. The van der Waals surface area contributed by atoms with Crippen LogP contribution >= 0.6 is 22.6 Å². The van der Waals surface area contributed by atoms with Crippen molar-refractivity contribution < 1.29 is 0 Å². The molecule has 0 aliphatic rings. The third-order valence-electron chi connectivity index (χ3n) is 1.37. The summed E-state index contributed by atoms with van der Waals surface area (Å²) in [6.07, 6.45) is 3.03. The molecule has 13 heavy (non-hydrogen) atoms. The molecule has 0 fully saturated rings. The molecule has 0 aromatic carbocycles. The lowest BCUT2D eigenvalue weighted by atomic mass is 10.3. The van der Waals surface area contributed by atoms with Crippen molar-refractivity contribution in [2.24, 2.45) is 9.98 Å². The number of nitrogens with zero attached hydrogens (tertiary/aromatic N) is 4. The minimum Gasteiger partial charge on any atom is -0.277 e. The smallest absolute Gasteiger partial charge is 0.117 e. The Kier molecular flexibility index (Phi) is 3.94. The molecule has 1 heterocycles. The van der Waals surface area contributed by atoms with Gasteiger partial charge in [0.1, 0.15) is 16.4 Å². The van der Waals surface area contributed by atoms with Crippen molar-refractivity contribution in [1.82, 2.24) is 9.97 Å². The van der Waals surface area contributed by atoms with Gasteiger partial charge in [0.15, 0.2) is 0 Å². The van der Waals surface area contributed by atoms with Gasteiger partial charge in [-0.05, 0) is 35.6 Å². The molecule has 0 N–H and O–H groups in total. The Balaban J connectivity index is 2.94. The van der Waals surface area contributed by atoms with Crippen molar-refractivity contribution >= 4 is 34.6 Å². The number of hydrogen-bond acceptors (Lipinski definition) is 3. The van der Waals surface area contributed by atoms with Crippen LogP contribution in [-0.2, 0) is 0 Å². The van der Waals surface area contributed by atoms with E-state index in [1.165, 1.54) is 12.7 Å². The molecule has 1 rings (SSSR count). The van der Waals surface area contributed by atoms with Gasteiger partial charge in [-0.2, -0.15) is 0 Å². The quantitative estimate of drug-likeness (QED) is 0.359. The number of aromatic nitrogens is 2. The summed E-state index contributed by atoms with van der Waals surface area (Å²) in [5.74, 6) is 0. The highest BCUT2D eigenvalue weighted by molar-refractivity contribution is 14.1. The third-order valence-corrected chi connectivity index (χ3v) is 1.96. The van der Waals surface area contributed by atoms with Crippen LogP contribution < -0.4 is 0 Å². The van der Waals surface area contributed by atoms with E-state index < -0.39 is 0 Å². The van der Waals surface area contributed by atoms with Crippen LogP contribution in [0.4, 0.5) is 0 Å². The van der Waals surface area contributed by atoms with E-state index >= 15 is 0 Å². The molecule has 1 aromatic heterocycles. The summed E-state index contributed by atoms with van der Waals surface area (Å²) in [6, 6.07) is 1.88. The van der Waals surface area contributed by atoms with Crippen LogP contribution in [0.25, 0.3) is 0 Å². The lowest BCUT2D eigenvalue weighted by Gasteiger charge is -1.96. The lowest BCUT2D eigenvalue weighted by molar-refractivity contribution is 1.12. The van der Waals surface area contributed by atoms with E-state index in [-0.39, 0.29) is 0 Å². The Bertz CT molecular complexity index is 346. The van der Waals surface area contributed by atoms with Gasteiger partial charge < -0.3 is 0 Å². The van der Waals surface area contributed by atoms with Gasteiger partial charge in [-0.3, -0.25) is 4.99 Å². The number of halogens is 1. The van der Waals surface area contributed by atoms with Gasteiger partial charge in [0.25, 0.3) is 0 Å². The maximum atomic E-state index is 4.09. The predicted octanol–water partition coefficient (Wildman–Crippen LogP) is 1.55. The Morgan fingerprint density at radius 1 is 1.54 bits per heavy atom. The minimum atomic E-state index is 0.833. The van der Waals surface area contributed by atoms with Crippen LogP contribution in [0.2, 0.25) is 0 Å². The number of aliphatic imine (C=N–C) groups is 2. The van der Waals surface area contributed by atoms with Gasteiger partial charge in [-0.25, -0.2) is 15.0 Å². The fourth-order valence-electron chi connectivity index (χ4n) is 0.742. The third kappa shape index (κ3) is 3.17. The lowest BCUT2D eigenvalue weighted by Crippen LogP contribution is -2.00. The first-order valence-electron chi connectivity index (χ1n) is 3.67. The van der Waals surface area contributed by atoms with Crippen molar-refractivity contribution in [1.29, 1.82) is 0 Å². The Morgan fingerprint density at radius 2 is 2.31 bits per heavy atom. The van der Waals surface area contributed by atoms with Crippen LogP contribution in [0.3, 0.4) is 0 Å². The highest BCUT2D eigenvalue weighted by atomic mass is 127. The molecule has 5 heteroatoms. The summed E-state index contributed by atoms with van der Waals surface area (Å²) in [4.78, 5) is 15.9. The van der Waals surface area contributed by atoms with Gasteiger partial charge >= 0.3 is 0 Å². The van der Waals surface area contributed by atoms with E-state index in [1.807, 2.05) is 13.0 Å². The molecule has 0 aliphatic heterocycles. The zero-order chi connectivity index (χ0) is 9.68. The second-order valence-corrected chi connectivity index (χ2v) is 3.42. The Hall–Kier alpha value is -0.850. The fourth-order valence-corrected chi connectivity index (χ4v) is 1.16. The van der Waals surface area contributed by atoms with Gasteiger partial charge in [0, 0.05) is 7.05 Å². The second kappa shape index (κ2) is 5.00. The summed E-state index contributed by atoms with van der Waals surface area (Å²) in [6.45, 7) is 1.89. The van der Waals surface area contributed by atoms with Crippen molar-refractivity contribution in [2.45, 2.75) is 6.92 Å². The zero-order valence-electron chi connectivity index (χ0n) is 7.40. The molecule has 0 radical (unpaired) electrons. The van der Waals surface area contributed by atoms with Crippen LogP contribution in [0.1, 0.15) is 12.6 Å². The van der Waals surface area contributed by atoms with Gasteiger partial charge in [-0.1, -0.05) is 0 Å². The molecular formula is C8H9IN4. The van der Waals surface area contributed by atoms with Crippen molar-refractivity contribution in [2.75, 3.05) is 7.05 Å². The number of rotatable bonds is 2. The van der Waals surface area contributed by atoms with Crippen LogP contribution in [0.5, 0.6) is 0 Å². The molecule has 4 nitrogen and oxygen atoms in total. The molecule has 0 spiro atoms. The zero-order valence-corrected chi connectivity index (χ0v) is 9.56. The average molecular weight is 288 g/mol. The standard InChI is InChI=1S/C8H9IN4/c1-6(11-4-10-2)7-3-8(9)13-5-12-7/h3-5H,1-2H3/b10-4-,11-6+. The SMILES string of the molecule is C/N=C\N=C(/C)c1cc(I)ncn1. The first-order valence-corrected chi connectivity index (χ1v) is 4.75. The molecule has 1 aromatic rings. The van der Waals surface area contributed by atoms with Gasteiger partial charge in [-0.15, -0.1) is 0 Å². The van der Waals surface area contributed by atoms with Crippen molar-refractivity contribution in [3.63, 3.8) is 0 Å². The molecule has 0 saturated heterocycles. The molecule has 0 aliphatic carbocycles. The minimum absolute atomic E-state index is 0.833. The van der Waals surface area contributed by atoms with Crippen LogP contribution in [0.15, 0.2) is 22.4 Å². The van der Waals surface area contributed by atoms with Gasteiger partial charge in [0.05, 0.1) is 11.4 Å². The summed E-state index contributed by atoms with van der Waals surface area (Å²) in [7, 11) is 1.68. The molecule has 68 valence electrons. The molecule has 0 saturated carbocycles. The number of hydrogen-bond donors (Lipinski definition) is 0. The largest absolute Gasteiger partial charge is 0.277 e. The van der Waals surface area contributed by atoms with Gasteiger partial charge in [0.2, 0.25) is 0 Å². The molecule has 0 atom stereocenters. The Morgan fingerprint density at radius 3 is 2.92 bits per heavy atom. The normalized spacial score (nSPS) is 12.4. The topological polar surface area (TPSA) is 50.5 Å². The fraction of sp³-hybridized carbons (Fsp3) is 0.250. The van der Waals surface area contributed by atoms with E-state index in [9.17, 15) is 0 Å². The highest BCUT2D eigenvalue weighted by Crippen LogP contribution is 2.02. The second-order valence-electron chi connectivity index (χ2n) is 2.31. The van der Waals surface area contributed by atoms with Crippen LogP contribution in [-0.4, -0.2) is 29.1 Å². The van der Waals surface area contributed by atoms with E-state index in [1.54, 1.807) is 7.05 Å². The molecule has 0 amide bonds. The molecule has 0 unspecified atom stereocenters. The van der Waals surface area contributed by atoms with E-state index in [2.05, 4.69) is 42.5 Å². The first-order chi connectivity index (χ1) is 6.24. The maximum Gasteiger partial charge on any atom is 0.117 e. The van der Waals surface area contributed by atoms with Crippen molar-refractivity contribution in [3.05, 3.63) is 21.8 Å². The van der Waals surface area contributed by atoms with Crippen LogP contribution in [0, 0.1) is 3.70 Å².